The first kappa shape index (κ1) is 20.2. The average Bonchev–Trinajstić information content (AvgIpc) is 2.58. The molecule has 0 spiro atoms. The number of rotatable bonds is 2. The molecule has 3 rings (SSSR count). The first-order chi connectivity index (χ1) is 11.4. The summed E-state index contributed by atoms with van der Waals surface area (Å²) in [6.45, 7) is 13.6. The van der Waals surface area contributed by atoms with Crippen LogP contribution in [0.3, 0.4) is 0 Å². The van der Waals surface area contributed by atoms with Gasteiger partial charge in [0, 0.05) is 0 Å². The van der Waals surface area contributed by atoms with Crippen LogP contribution in [0.5, 0.6) is 0 Å². The monoisotopic (exact) mass is 338 g/mol. The quantitative estimate of drug-likeness (QED) is 0.706. The molecule has 0 amide bonds. The van der Waals surface area contributed by atoms with E-state index in [-0.39, 0.29) is 12.2 Å². The predicted molar refractivity (Wildman–Crippen MR) is 102 cm³/mol. The molecule has 3 fully saturated rings. The van der Waals surface area contributed by atoms with Crippen molar-refractivity contribution in [3.05, 3.63) is 0 Å². The molecule has 0 aliphatic heterocycles. The van der Waals surface area contributed by atoms with Crippen molar-refractivity contribution < 1.29 is 10.2 Å². The fraction of sp³-hybridized carbons (Fsp3) is 1.00. The predicted octanol–water partition coefficient (Wildman–Crippen LogP) is 5.41. The van der Waals surface area contributed by atoms with Gasteiger partial charge in [0.25, 0.3) is 0 Å². The van der Waals surface area contributed by atoms with Gasteiger partial charge < -0.3 is 10.2 Å². The molecule has 142 valence electrons. The zero-order valence-corrected chi connectivity index (χ0v) is 17.0. The lowest BCUT2D eigenvalue weighted by Gasteiger charge is -2.62. The van der Waals surface area contributed by atoms with Crippen molar-refractivity contribution in [2.24, 2.45) is 34.5 Å². The molecule has 0 saturated heterocycles. The van der Waals surface area contributed by atoms with Crippen molar-refractivity contribution in [3.8, 4) is 0 Å². The van der Waals surface area contributed by atoms with Crippen molar-refractivity contribution in [2.45, 2.75) is 105 Å². The Bertz CT molecular complexity index is 409. The highest BCUT2D eigenvalue weighted by atomic mass is 16.3. The molecule has 0 aromatic rings. The molecule has 8 atom stereocenters. The summed E-state index contributed by atoms with van der Waals surface area (Å²) in [5.74, 6) is 2.34. The molecule has 0 heterocycles. The maximum atomic E-state index is 11.0. The second kappa shape index (κ2) is 7.66. The number of fused-ring (bicyclic) bond motifs is 3. The molecule has 4 unspecified atom stereocenters. The zero-order chi connectivity index (χ0) is 18.1. The molecular formula is C22H42O2. The van der Waals surface area contributed by atoms with E-state index >= 15 is 0 Å². The van der Waals surface area contributed by atoms with Crippen LogP contribution in [0, 0.1) is 34.5 Å². The maximum absolute atomic E-state index is 11.0. The van der Waals surface area contributed by atoms with Gasteiger partial charge in [0.2, 0.25) is 0 Å². The second-order valence-electron chi connectivity index (χ2n) is 9.18. The molecule has 3 aliphatic rings. The maximum Gasteiger partial charge on any atom is 0.0577 e. The lowest BCUT2D eigenvalue weighted by molar-refractivity contribution is -0.175. The number of aliphatic hydroxyl groups is 2. The van der Waals surface area contributed by atoms with Gasteiger partial charge in [-0.05, 0) is 73.0 Å². The molecule has 0 bridgehead atoms. The second-order valence-corrected chi connectivity index (χ2v) is 9.18. The molecule has 2 N–H and O–H groups in total. The third-order valence-electron chi connectivity index (χ3n) is 8.42. The molecule has 2 nitrogen and oxygen atoms in total. The van der Waals surface area contributed by atoms with E-state index in [4.69, 9.17) is 0 Å². The fourth-order valence-corrected chi connectivity index (χ4v) is 6.82. The van der Waals surface area contributed by atoms with Crippen molar-refractivity contribution >= 4 is 0 Å². The van der Waals surface area contributed by atoms with E-state index in [0.717, 1.165) is 25.7 Å². The molecule has 0 radical (unpaired) electrons. The van der Waals surface area contributed by atoms with Gasteiger partial charge in [-0.25, -0.2) is 0 Å². The molecule has 0 aromatic carbocycles. The Labute approximate surface area is 150 Å². The Morgan fingerprint density at radius 3 is 2.21 bits per heavy atom. The third-order valence-corrected chi connectivity index (χ3v) is 8.42. The highest BCUT2D eigenvalue weighted by Gasteiger charge is 2.58. The van der Waals surface area contributed by atoms with Crippen LogP contribution >= 0.6 is 0 Å². The number of hydrogen-bond donors (Lipinski definition) is 2. The Morgan fingerprint density at radius 1 is 0.958 bits per heavy atom. The van der Waals surface area contributed by atoms with Crippen LogP contribution < -0.4 is 0 Å². The van der Waals surface area contributed by atoms with Crippen LogP contribution in [-0.4, -0.2) is 22.4 Å². The Kier molecular flexibility index (Phi) is 6.46. The summed E-state index contributed by atoms with van der Waals surface area (Å²) in [5, 5.41) is 21.1. The van der Waals surface area contributed by atoms with E-state index in [0.29, 0.717) is 34.5 Å². The molecule has 3 saturated carbocycles. The third kappa shape index (κ3) is 3.18. The first-order valence-corrected chi connectivity index (χ1v) is 10.7. The minimum absolute atomic E-state index is 0.131. The minimum Gasteiger partial charge on any atom is -0.393 e. The molecule has 24 heavy (non-hydrogen) atoms. The van der Waals surface area contributed by atoms with Gasteiger partial charge in [0.1, 0.15) is 0 Å². The normalized spacial score (nSPS) is 51.0. The summed E-state index contributed by atoms with van der Waals surface area (Å²) in [7, 11) is 0. The van der Waals surface area contributed by atoms with Gasteiger partial charge in [0.05, 0.1) is 12.2 Å². The molecular weight excluding hydrogens is 296 g/mol. The average molecular weight is 339 g/mol. The highest BCUT2D eigenvalue weighted by molar-refractivity contribution is 5.08. The van der Waals surface area contributed by atoms with E-state index in [1.165, 1.54) is 25.7 Å². The lowest BCUT2D eigenvalue weighted by Crippen LogP contribution is -2.58. The van der Waals surface area contributed by atoms with Crippen LogP contribution in [0.15, 0.2) is 0 Å². The van der Waals surface area contributed by atoms with Crippen molar-refractivity contribution in [2.75, 3.05) is 0 Å². The van der Waals surface area contributed by atoms with E-state index in [1.807, 2.05) is 13.8 Å². The highest BCUT2D eigenvalue weighted by Crippen LogP contribution is 2.64. The molecule has 2 heteroatoms. The van der Waals surface area contributed by atoms with Crippen LogP contribution in [0.25, 0.3) is 0 Å². The van der Waals surface area contributed by atoms with E-state index in [2.05, 4.69) is 27.7 Å². The van der Waals surface area contributed by atoms with Gasteiger partial charge in [0.15, 0.2) is 0 Å². The topological polar surface area (TPSA) is 40.5 Å². The van der Waals surface area contributed by atoms with Crippen LogP contribution in [0.1, 0.15) is 92.9 Å². The SMILES string of the molecule is CC.CCC1C2C(CC[C@]1(C)CC)[C@@]1(C)CC[C@H](O)CC1C[C@@H]2O. The summed E-state index contributed by atoms with van der Waals surface area (Å²) in [5.41, 5.74) is 0.764. The Morgan fingerprint density at radius 2 is 1.62 bits per heavy atom. The van der Waals surface area contributed by atoms with Crippen LogP contribution in [0.2, 0.25) is 0 Å². The Balaban J connectivity index is 0.00000100. The van der Waals surface area contributed by atoms with Gasteiger partial charge in [-0.1, -0.05) is 54.4 Å². The van der Waals surface area contributed by atoms with Crippen molar-refractivity contribution in [1.82, 2.24) is 0 Å². The van der Waals surface area contributed by atoms with Gasteiger partial charge in [-0.3, -0.25) is 0 Å². The number of aliphatic hydroxyl groups excluding tert-OH is 2. The Hall–Kier alpha value is -0.0800. The smallest absolute Gasteiger partial charge is 0.0577 e. The van der Waals surface area contributed by atoms with Crippen LogP contribution in [0.4, 0.5) is 0 Å². The summed E-state index contributed by atoms with van der Waals surface area (Å²) in [6, 6.07) is 0. The van der Waals surface area contributed by atoms with Gasteiger partial charge >= 0.3 is 0 Å². The number of hydrogen-bond acceptors (Lipinski definition) is 2. The summed E-state index contributed by atoms with van der Waals surface area (Å²) < 4.78 is 0. The minimum atomic E-state index is -0.149. The fourth-order valence-electron chi connectivity index (χ4n) is 6.82. The van der Waals surface area contributed by atoms with E-state index < -0.39 is 0 Å². The van der Waals surface area contributed by atoms with Crippen molar-refractivity contribution in [3.63, 3.8) is 0 Å². The molecule has 3 aliphatic carbocycles. The van der Waals surface area contributed by atoms with Gasteiger partial charge in [-0.2, -0.15) is 0 Å². The largest absolute Gasteiger partial charge is 0.393 e. The van der Waals surface area contributed by atoms with E-state index in [9.17, 15) is 10.2 Å². The summed E-state index contributed by atoms with van der Waals surface area (Å²) in [4.78, 5) is 0. The molecule has 0 aromatic heterocycles. The first-order valence-electron chi connectivity index (χ1n) is 10.7. The van der Waals surface area contributed by atoms with Gasteiger partial charge in [-0.15, -0.1) is 0 Å². The summed E-state index contributed by atoms with van der Waals surface area (Å²) >= 11 is 0. The zero-order valence-electron chi connectivity index (χ0n) is 17.0. The van der Waals surface area contributed by atoms with E-state index in [1.54, 1.807) is 0 Å². The standard InChI is InChI=1S/C20H36O2.C2H6/c1-5-15-18-16(8-9-19(15,3)6-2)20(4)10-7-14(21)11-13(20)12-17(18)22;1-2/h13-18,21-22H,5-12H2,1-4H3;1-2H3/t13?,14-,15?,16?,17-,18?,19-,20-;/m0./s1. The van der Waals surface area contributed by atoms with Crippen molar-refractivity contribution in [1.29, 1.82) is 0 Å². The van der Waals surface area contributed by atoms with Crippen LogP contribution in [-0.2, 0) is 0 Å². The lowest BCUT2D eigenvalue weighted by atomic mass is 9.43. The summed E-state index contributed by atoms with van der Waals surface area (Å²) in [6.07, 6.45) is 8.72.